The quantitative estimate of drug-likeness (QED) is 0.216. The van der Waals surface area contributed by atoms with Gasteiger partial charge in [-0.2, -0.15) is 0 Å². The number of methoxy groups -OCH3 is 1. The zero-order chi connectivity index (χ0) is 30.4. The van der Waals surface area contributed by atoms with Crippen LogP contribution in [-0.2, 0) is 9.22 Å². The standard InChI is InChI=1S/C34H44FN3O3Si/c1-23-21-37(22-36-23)29-16-9-24(18-31(29)40-6)17-26-12-15-28-19-34(5,41-42(7,8)33(2,3)4)20-30(38(28)32(26)39)25-10-13-27(35)14-11-25/h9-11,13-14,16-18,21-22,28,30H,12,15,19-20H2,1-8H3/t28-,30-,34-/m0/s1. The Morgan fingerprint density at radius 1 is 1.12 bits per heavy atom. The Kier molecular flexibility index (Phi) is 8.00. The number of benzene rings is 2. The lowest BCUT2D eigenvalue weighted by atomic mass is 9.76. The van der Waals surface area contributed by atoms with Gasteiger partial charge in [-0.15, -0.1) is 0 Å². The summed E-state index contributed by atoms with van der Waals surface area (Å²) < 4.78 is 28.7. The lowest BCUT2D eigenvalue weighted by Crippen LogP contribution is -2.59. The van der Waals surface area contributed by atoms with Crippen molar-refractivity contribution in [2.24, 2.45) is 0 Å². The van der Waals surface area contributed by atoms with Gasteiger partial charge in [0.1, 0.15) is 11.6 Å². The lowest BCUT2D eigenvalue weighted by molar-refractivity contribution is -0.143. The topological polar surface area (TPSA) is 56.6 Å². The second-order valence-electron chi connectivity index (χ2n) is 13.7. The number of halogens is 1. The molecule has 0 bridgehead atoms. The van der Waals surface area contributed by atoms with Crippen molar-refractivity contribution >= 4 is 20.3 Å². The molecule has 0 spiro atoms. The van der Waals surface area contributed by atoms with Crippen LogP contribution in [0.5, 0.6) is 5.75 Å². The van der Waals surface area contributed by atoms with Crippen LogP contribution < -0.4 is 4.74 Å². The average molecular weight is 590 g/mol. The Morgan fingerprint density at radius 2 is 1.83 bits per heavy atom. The molecule has 2 saturated heterocycles. The summed E-state index contributed by atoms with van der Waals surface area (Å²) in [6, 6.07) is 12.5. The molecule has 1 amide bonds. The first kappa shape index (κ1) is 30.2. The Hall–Kier alpha value is -3.23. The third-order valence-corrected chi connectivity index (χ3v) is 14.0. The Morgan fingerprint density at radius 3 is 2.45 bits per heavy atom. The van der Waals surface area contributed by atoms with Gasteiger partial charge in [-0.25, -0.2) is 9.37 Å². The van der Waals surface area contributed by atoms with Crippen molar-refractivity contribution in [3.8, 4) is 11.4 Å². The van der Waals surface area contributed by atoms with E-state index in [-0.39, 0.29) is 34.4 Å². The first-order valence-electron chi connectivity index (χ1n) is 14.9. The van der Waals surface area contributed by atoms with E-state index in [0.29, 0.717) is 18.6 Å². The number of nitrogens with zero attached hydrogens (tertiary/aromatic N) is 3. The van der Waals surface area contributed by atoms with Gasteiger partial charge in [-0.05, 0) is 99.1 Å². The monoisotopic (exact) mass is 589 g/mol. The third kappa shape index (κ3) is 5.97. The van der Waals surface area contributed by atoms with E-state index in [1.807, 2.05) is 54.1 Å². The molecule has 2 fully saturated rings. The maximum atomic E-state index is 14.2. The van der Waals surface area contributed by atoms with Crippen LogP contribution in [0.2, 0.25) is 18.1 Å². The van der Waals surface area contributed by atoms with E-state index < -0.39 is 8.32 Å². The van der Waals surface area contributed by atoms with Crippen molar-refractivity contribution in [2.45, 2.75) is 96.1 Å². The highest BCUT2D eigenvalue weighted by molar-refractivity contribution is 6.74. The van der Waals surface area contributed by atoms with E-state index in [9.17, 15) is 9.18 Å². The number of carbonyl (C=O) groups excluding carboxylic acids is 1. The van der Waals surface area contributed by atoms with Crippen LogP contribution in [0.25, 0.3) is 11.8 Å². The SMILES string of the molecule is COc1cc(C=C2CC[C@H]3C[C@](C)(O[Si](C)(C)C(C)(C)C)C[C@@H](c4ccc(F)cc4)N3C2=O)ccc1-n1cnc(C)c1. The largest absolute Gasteiger partial charge is 0.495 e. The minimum atomic E-state index is -2.07. The van der Waals surface area contributed by atoms with E-state index in [2.05, 4.69) is 50.7 Å². The minimum Gasteiger partial charge on any atom is -0.495 e. The van der Waals surface area contributed by atoms with Gasteiger partial charge in [0.05, 0.1) is 36.5 Å². The van der Waals surface area contributed by atoms with E-state index in [0.717, 1.165) is 40.9 Å². The van der Waals surface area contributed by atoms with Gasteiger partial charge in [-0.3, -0.25) is 4.79 Å². The second kappa shape index (κ2) is 11.1. The number of aromatic nitrogens is 2. The van der Waals surface area contributed by atoms with Gasteiger partial charge in [0.15, 0.2) is 8.32 Å². The summed E-state index contributed by atoms with van der Waals surface area (Å²) >= 11 is 0. The summed E-state index contributed by atoms with van der Waals surface area (Å²) in [4.78, 5) is 20.6. The number of fused-ring (bicyclic) bond motifs is 1. The molecule has 3 atom stereocenters. The summed E-state index contributed by atoms with van der Waals surface area (Å²) in [5, 5.41) is 0.0735. The van der Waals surface area contributed by atoms with E-state index in [1.54, 1.807) is 13.4 Å². The normalized spacial score (nSPS) is 24.2. The van der Waals surface area contributed by atoms with Gasteiger partial charge in [0, 0.05) is 17.8 Å². The fraction of sp³-hybridized carbons (Fsp3) is 0.471. The molecule has 2 aliphatic rings. The summed E-state index contributed by atoms with van der Waals surface area (Å²) in [5.41, 5.74) is 4.08. The molecular formula is C34H44FN3O3Si. The zero-order valence-corrected chi connectivity index (χ0v) is 27.2. The minimum absolute atomic E-state index is 0.0447. The summed E-state index contributed by atoms with van der Waals surface area (Å²) in [5.74, 6) is 0.479. The highest BCUT2D eigenvalue weighted by Gasteiger charge is 2.51. The van der Waals surface area contributed by atoms with Crippen molar-refractivity contribution in [3.63, 3.8) is 0 Å². The molecule has 6 nitrogen and oxygen atoms in total. The Labute approximate surface area is 250 Å². The number of hydrogen-bond acceptors (Lipinski definition) is 4. The van der Waals surface area contributed by atoms with Crippen LogP contribution in [0.3, 0.4) is 0 Å². The molecule has 42 heavy (non-hydrogen) atoms. The molecule has 5 rings (SSSR count). The number of amides is 1. The molecule has 0 N–H and O–H groups in total. The van der Waals surface area contributed by atoms with Gasteiger partial charge in [0.2, 0.25) is 0 Å². The zero-order valence-electron chi connectivity index (χ0n) is 26.2. The molecule has 3 aromatic rings. The maximum absolute atomic E-state index is 14.2. The van der Waals surface area contributed by atoms with Crippen molar-refractivity contribution in [3.05, 3.63) is 83.2 Å². The lowest BCUT2D eigenvalue weighted by Gasteiger charge is -2.55. The first-order chi connectivity index (χ1) is 19.7. The molecule has 0 unspecified atom stereocenters. The Balaban J connectivity index is 1.47. The van der Waals surface area contributed by atoms with Crippen LogP contribution >= 0.6 is 0 Å². The number of aryl methyl sites for hydroxylation is 1. The van der Waals surface area contributed by atoms with Crippen molar-refractivity contribution in [2.75, 3.05) is 7.11 Å². The number of hydrogen-bond donors (Lipinski definition) is 0. The molecule has 0 saturated carbocycles. The molecule has 1 aromatic heterocycles. The molecule has 224 valence electrons. The fourth-order valence-corrected chi connectivity index (χ4v) is 7.99. The number of imidazole rings is 1. The summed E-state index contributed by atoms with van der Waals surface area (Å²) in [6.45, 7) is 15.5. The van der Waals surface area contributed by atoms with E-state index >= 15 is 0 Å². The van der Waals surface area contributed by atoms with Crippen molar-refractivity contribution in [1.82, 2.24) is 14.5 Å². The van der Waals surface area contributed by atoms with Gasteiger partial charge in [0.25, 0.3) is 5.91 Å². The smallest absolute Gasteiger partial charge is 0.250 e. The third-order valence-electron chi connectivity index (χ3n) is 9.37. The Bertz CT molecular complexity index is 1490. The van der Waals surface area contributed by atoms with Crippen LogP contribution in [0.1, 0.15) is 76.2 Å². The molecule has 0 aliphatic carbocycles. The molecule has 2 aromatic carbocycles. The fourth-order valence-electron chi connectivity index (χ4n) is 6.29. The number of carbonyl (C=O) groups is 1. The second-order valence-corrected chi connectivity index (χ2v) is 18.4. The van der Waals surface area contributed by atoms with Crippen molar-refractivity contribution in [1.29, 1.82) is 0 Å². The highest BCUT2D eigenvalue weighted by atomic mass is 28.4. The average Bonchev–Trinajstić information content (AvgIpc) is 3.35. The predicted octanol–water partition coefficient (Wildman–Crippen LogP) is 8.02. The predicted molar refractivity (Wildman–Crippen MR) is 168 cm³/mol. The van der Waals surface area contributed by atoms with Crippen LogP contribution in [-0.4, -0.2) is 47.4 Å². The molecule has 3 heterocycles. The number of piperidine rings is 2. The molecule has 0 radical (unpaired) electrons. The summed E-state index contributed by atoms with van der Waals surface area (Å²) in [7, 11) is -0.419. The molecular weight excluding hydrogens is 545 g/mol. The number of ether oxygens (including phenoxy) is 1. The van der Waals surface area contributed by atoms with E-state index in [4.69, 9.17) is 9.16 Å². The van der Waals surface area contributed by atoms with Crippen LogP contribution in [0, 0.1) is 12.7 Å². The summed E-state index contributed by atoms with van der Waals surface area (Å²) in [6.07, 6.45) is 8.73. The molecule has 8 heteroatoms. The van der Waals surface area contributed by atoms with E-state index in [1.165, 1.54) is 12.1 Å². The van der Waals surface area contributed by atoms with Crippen molar-refractivity contribution < 1.29 is 18.3 Å². The number of rotatable bonds is 6. The molecule has 2 aliphatic heterocycles. The van der Waals surface area contributed by atoms with Gasteiger partial charge < -0.3 is 18.6 Å². The van der Waals surface area contributed by atoms with Gasteiger partial charge >= 0.3 is 0 Å². The van der Waals surface area contributed by atoms with Crippen LogP contribution in [0.15, 0.2) is 60.6 Å². The van der Waals surface area contributed by atoms with Crippen LogP contribution in [0.4, 0.5) is 4.39 Å². The van der Waals surface area contributed by atoms with Gasteiger partial charge in [-0.1, -0.05) is 39.0 Å². The first-order valence-corrected chi connectivity index (χ1v) is 17.8. The maximum Gasteiger partial charge on any atom is 0.250 e. The highest BCUT2D eigenvalue weighted by Crippen LogP contribution is 2.49.